The minimum Gasteiger partial charge on any atom is -0.497 e. The van der Waals surface area contributed by atoms with E-state index in [1.54, 1.807) is 12.1 Å². The number of sulfone groups is 1. The van der Waals surface area contributed by atoms with E-state index in [1.165, 1.54) is 27.9 Å². The minimum absolute atomic E-state index is 0.0322. The summed E-state index contributed by atoms with van der Waals surface area (Å²) in [6.45, 7) is 3.71. The second-order valence-electron chi connectivity index (χ2n) is 11.1. The number of aliphatic hydroxyl groups is 2. The summed E-state index contributed by atoms with van der Waals surface area (Å²) in [5.74, 6) is -0.643. The van der Waals surface area contributed by atoms with Crippen LogP contribution in [-0.2, 0) is 29.9 Å². The van der Waals surface area contributed by atoms with Gasteiger partial charge in [0.15, 0.2) is 9.84 Å². The lowest BCUT2D eigenvalue weighted by molar-refractivity contribution is 0.125. The van der Waals surface area contributed by atoms with Crippen LogP contribution in [0.1, 0.15) is 46.0 Å². The molecule has 2 fully saturated rings. The quantitative estimate of drug-likeness (QED) is 0.314. The molecule has 1 aliphatic carbocycles. The van der Waals surface area contributed by atoms with Gasteiger partial charge in [0, 0.05) is 26.2 Å². The van der Waals surface area contributed by atoms with Crippen LogP contribution in [0.25, 0.3) is 0 Å². The van der Waals surface area contributed by atoms with Gasteiger partial charge in [0.1, 0.15) is 11.0 Å². The highest BCUT2D eigenvalue weighted by Crippen LogP contribution is 2.30. The first-order valence-electron chi connectivity index (χ1n) is 13.4. The van der Waals surface area contributed by atoms with E-state index in [-0.39, 0.29) is 49.3 Å². The Labute approximate surface area is 233 Å². The van der Waals surface area contributed by atoms with Crippen LogP contribution in [0.5, 0.6) is 5.75 Å². The van der Waals surface area contributed by atoms with Crippen LogP contribution in [0.2, 0.25) is 0 Å². The summed E-state index contributed by atoms with van der Waals surface area (Å²) in [6, 6.07) is 5.95. The van der Waals surface area contributed by atoms with Crippen molar-refractivity contribution in [2.45, 2.75) is 68.3 Å². The van der Waals surface area contributed by atoms with Crippen molar-refractivity contribution in [2.75, 3.05) is 44.8 Å². The Morgan fingerprint density at radius 1 is 1.00 bits per heavy atom. The molecule has 1 saturated heterocycles. The summed E-state index contributed by atoms with van der Waals surface area (Å²) in [5.41, 5.74) is 0. The second kappa shape index (κ2) is 13.1. The molecule has 0 radical (unpaired) electrons. The van der Waals surface area contributed by atoms with Crippen molar-refractivity contribution in [3.8, 4) is 5.75 Å². The largest absolute Gasteiger partial charge is 0.497 e. The molecule has 1 heterocycles. The number of methoxy groups -OCH3 is 1. The topological polar surface area (TPSA) is 159 Å². The van der Waals surface area contributed by atoms with Gasteiger partial charge in [-0.05, 0) is 55.4 Å². The lowest BCUT2D eigenvalue weighted by Gasteiger charge is -2.30. The van der Waals surface area contributed by atoms with Crippen LogP contribution in [-0.4, -0.2) is 106 Å². The predicted molar refractivity (Wildman–Crippen MR) is 148 cm³/mol. The average molecular weight is 611 g/mol. The molecule has 0 spiro atoms. The van der Waals surface area contributed by atoms with Crippen LogP contribution < -0.4 is 4.74 Å². The zero-order valence-corrected chi connectivity index (χ0v) is 25.3. The number of sulfonamides is 2. The first-order valence-corrected chi connectivity index (χ1v) is 18.1. The summed E-state index contributed by atoms with van der Waals surface area (Å²) in [4.78, 5) is 0.0537. The molecule has 2 aliphatic rings. The Morgan fingerprint density at radius 2 is 1.62 bits per heavy atom. The van der Waals surface area contributed by atoms with Crippen LogP contribution in [0, 0.1) is 11.8 Å². The fraction of sp³-hybridized carbons (Fsp3) is 0.760. The Hall–Kier alpha value is -1.29. The van der Waals surface area contributed by atoms with Crippen molar-refractivity contribution in [3.05, 3.63) is 24.3 Å². The maximum absolute atomic E-state index is 13.5. The molecule has 2 N–H and O–H groups in total. The van der Waals surface area contributed by atoms with Crippen molar-refractivity contribution in [3.63, 3.8) is 0 Å². The van der Waals surface area contributed by atoms with Gasteiger partial charge < -0.3 is 14.9 Å². The molecule has 3 rings (SSSR count). The molecule has 39 heavy (non-hydrogen) atoms. The monoisotopic (exact) mass is 610 g/mol. The minimum atomic E-state index is -4.18. The molecular formula is C25H42N2O9S3. The predicted octanol–water partition coefficient (Wildman–Crippen LogP) is 1.07. The molecule has 1 aromatic carbocycles. The van der Waals surface area contributed by atoms with Gasteiger partial charge in [-0.15, -0.1) is 0 Å². The number of aliphatic hydroxyl groups excluding tert-OH is 2. The van der Waals surface area contributed by atoms with Gasteiger partial charge in [0.05, 0.1) is 35.7 Å². The maximum Gasteiger partial charge on any atom is 0.243 e. The Balaban J connectivity index is 1.76. The highest BCUT2D eigenvalue weighted by molar-refractivity contribution is 7.95. The summed E-state index contributed by atoms with van der Waals surface area (Å²) in [7, 11) is -10.3. The molecule has 14 heteroatoms. The molecule has 11 nitrogen and oxygen atoms in total. The van der Waals surface area contributed by atoms with Gasteiger partial charge in [-0.2, -0.15) is 4.31 Å². The Bertz CT molecular complexity index is 1260. The highest BCUT2D eigenvalue weighted by atomic mass is 32.2. The standard InChI is InChI=1S/C25H42N2O9S3/c1-19(2)14-27(38(32,33)23-10-8-22(36-3)9-11-23)16-21(28)12-13-26(15-20-6-4-5-7-20)39(34,35)25-18-37(30,31)17-24(25)29/h8-11,19-21,24-25,28-29H,4-7,12-18H2,1-3H3/t21-,24?,25?/m0/s1. The summed E-state index contributed by atoms with van der Waals surface area (Å²) in [5, 5.41) is 19.7. The van der Waals surface area contributed by atoms with E-state index in [2.05, 4.69) is 0 Å². The van der Waals surface area contributed by atoms with Gasteiger partial charge in [-0.1, -0.05) is 26.7 Å². The van der Waals surface area contributed by atoms with Crippen LogP contribution in [0.3, 0.4) is 0 Å². The lowest BCUT2D eigenvalue weighted by Crippen LogP contribution is -2.47. The fourth-order valence-electron chi connectivity index (χ4n) is 5.27. The van der Waals surface area contributed by atoms with Crippen molar-refractivity contribution in [1.82, 2.24) is 8.61 Å². The van der Waals surface area contributed by atoms with Gasteiger partial charge in [0.25, 0.3) is 0 Å². The van der Waals surface area contributed by atoms with Crippen molar-refractivity contribution < 1.29 is 40.2 Å². The molecule has 2 unspecified atom stereocenters. The van der Waals surface area contributed by atoms with E-state index in [1.807, 2.05) is 13.8 Å². The zero-order valence-electron chi connectivity index (χ0n) is 22.8. The van der Waals surface area contributed by atoms with Gasteiger partial charge in [0.2, 0.25) is 20.0 Å². The molecule has 1 aromatic rings. The molecule has 0 bridgehead atoms. The lowest BCUT2D eigenvalue weighted by atomic mass is 10.1. The number of nitrogens with zero attached hydrogens (tertiary/aromatic N) is 2. The van der Waals surface area contributed by atoms with E-state index in [9.17, 15) is 35.5 Å². The molecule has 1 aliphatic heterocycles. The maximum atomic E-state index is 13.5. The number of ether oxygens (including phenoxy) is 1. The first kappa shape index (κ1) is 32.2. The zero-order chi connectivity index (χ0) is 29.0. The van der Waals surface area contributed by atoms with Gasteiger partial charge in [-0.3, -0.25) is 0 Å². The summed E-state index contributed by atoms with van der Waals surface area (Å²) in [6.07, 6.45) is 0.936. The number of hydrogen-bond donors (Lipinski definition) is 2. The van der Waals surface area contributed by atoms with Crippen molar-refractivity contribution in [1.29, 1.82) is 0 Å². The van der Waals surface area contributed by atoms with Crippen LogP contribution in [0.4, 0.5) is 0 Å². The molecular weight excluding hydrogens is 568 g/mol. The Kier molecular flexibility index (Phi) is 10.9. The molecule has 224 valence electrons. The first-order chi connectivity index (χ1) is 18.2. The number of hydrogen-bond acceptors (Lipinski definition) is 9. The smallest absolute Gasteiger partial charge is 0.243 e. The number of benzene rings is 1. The van der Waals surface area contributed by atoms with Crippen molar-refractivity contribution >= 4 is 29.9 Å². The van der Waals surface area contributed by atoms with Crippen molar-refractivity contribution in [2.24, 2.45) is 11.8 Å². The molecule has 1 saturated carbocycles. The third-order valence-corrected chi connectivity index (χ3v) is 13.4. The third-order valence-electron chi connectivity index (χ3n) is 7.34. The normalized spacial score (nSPS) is 23.2. The summed E-state index contributed by atoms with van der Waals surface area (Å²) < 4.78 is 85.3. The second-order valence-corrected chi connectivity index (χ2v) is 17.3. The van der Waals surface area contributed by atoms with E-state index < -0.39 is 58.8 Å². The third kappa shape index (κ3) is 8.37. The fourth-order valence-corrected chi connectivity index (χ4v) is 11.6. The van der Waals surface area contributed by atoms with Gasteiger partial charge >= 0.3 is 0 Å². The molecule has 3 atom stereocenters. The molecule has 0 amide bonds. The van der Waals surface area contributed by atoms with E-state index in [0.29, 0.717) is 5.75 Å². The Morgan fingerprint density at radius 3 is 2.13 bits per heavy atom. The van der Waals surface area contributed by atoms with Crippen LogP contribution >= 0.6 is 0 Å². The highest BCUT2D eigenvalue weighted by Gasteiger charge is 2.47. The SMILES string of the molecule is COc1ccc(S(=O)(=O)N(CC(C)C)C[C@@H](O)CCN(CC2CCCC2)S(=O)(=O)C2CS(=O)(=O)CC2O)cc1. The van der Waals surface area contributed by atoms with E-state index in [4.69, 9.17) is 4.74 Å². The van der Waals surface area contributed by atoms with Gasteiger partial charge in [-0.25, -0.2) is 29.6 Å². The summed E-state index contributed by atoms with van der Waals surface area (Å²) >= 11 is 0. The van der Waals surface area contributed by atoms with E-state index in [0.717, 1.165) is 25.7 Å². The average Bonchev–Trinajstić information content (AvgIpc) is 3.47. The molecule has 0 aromatic heterocycles. The van der Waals surface area contributed by atoms with Crippen LogP contribution in [0.15, 0.2) is 29.2 Å². The number of rotatable bonds is 14. The van der Waals surface area contributed by atoms with E-state index >= 15 is 0 Å².